The van der Waals surface area contributed by atoms with Crippen LogP contribution in [0.25, 0.3) is 183 Å². The average molecular weight is 1380 g/mol. The van der Waals surface area contributed by atoms with Crippen molar-refractivity contribution in [2.45, 2.75) is 57.8 Å². The molecule has 0 bridgehead atoms. The Morgan fingerprint density at radius 2 is 0.454 bits per heavy atom. The summed E-state index contributed by atoms with van der Waals surface area (Å²) in [6.45, 7) is 14.1. The van der Waals surface area contributed by atoms with Gasteiger partial charge in [-0.1, -0.05) is 272 Å². The smallest absolute Gasteiger partial charge is 0.164 e. The topological polar surface area (TPSA) is 53.5 Å². The Bertz CT molecular complexity index is 6780. The fourth-order valence-corrected chi connectivity index (χ4v) is 19.0. The molecule has 4 heterocycles. The van der Waals surface area contributed by atoms with E-state index in [1.807, 2.05) is 0 Å². The van der Waals surface area contributed by atoms with Crippen LogP contribution in [-0.4, -0.2) is 28.7 Å². The van der Waals surface area contributed by atoms with E-state index in [4.69, 9.17) is 15.0 Å². The van der Waals surface area contributed by atoms with Gasteiger partial charge in [0.15, 0.2) is 17.5 Å². The van der Waals surface area contributed by atoms with Crippen LogP contribution in [0.2, 0.25) is 0 Å². The summed E-state index contributed by atoms with van der Waals surface area (Å²) in [4.78, 5) is 16.2. The number of rotatable bonds is 9. The Hall–Kier alpha value is -13.3. The van der Waals surface area contributed by atoms with Gasteiger partial charge < -0.3 is 13.7 Å². The average Bonchev–Trinajstić information content (AvgIpc) is 1.57. The van der Waals surface area contributed by atoms with Gasteiger partial charge in [-0.3, -0.25) is 0 Å². The second kappa shape index (κ2) is 22.9. The van der Waals surface area contributed by atoms with Crippen molar-refractivity contribution in [3.05, 3.63) is 361 Å². The number of benzene rings is 15. The number of hydrogen-bond acceptors (Lipinski definition) is 3. The Morgan fingerprint density at radius 1 is 0.185 bits per heavy atom. The fraction of sp³-hybridized carbons (Fsp3) is 0.0882. The Balaban J connectivity index is 0.630. The maximum absolute atomic E-state index is 5.41. The maximum atomic E-state index is 5.41. The van der Waals surface area contributed by atoms with E-state index in [0.717, 1.165) is 61.3 Å². The number of nitrogens with zero attached hydrogens (tertiary/aromatic N) is 6. The van der Waals surface area contributed by atoms with Gasteiger partial charge in [0.25, 0.3) is 0 Å². The van der Waals surface area contributed by atoms with Crippen molar-refractivity contribution in [2.75, 3.05) is 0 Å². The van der Waals surface area contributed by atoms with E-state index < -0.39 is 0 Å². The molecule has 108 heavy (non-hydrogen) atoms. The predicted octanol–water partition coefficient (Wildman–Crippen LogP) is 26.1. The SMILES string of the molecule is CC1(C)c2ccccc2-c2ccc(-n3c4ccccc4c4cc(-c5ccc(-c6nc(-c7ccc(-c8ccc9c(c8)c8ccccc8n9-c8ccc9c(c8)C(C)(C)c8ccccc8-9)cc7)nc(-c7cccc(-c8ccc9c(c8)c8ccccc8n9-c8ccc9c(c8)C(C)(C)c8ccccc8-9)c7)n6)cc5)ccc43)cc21. The van der Waals surface area contributed by atoms with Crippen molar-refractivity contribution in [3.8, 4) is 118 Å². The zero-order valence-electron chi connectivity index (χ0n) is 60.9. The summed E-state index contributed by atoms with van der Waals surface area (Å²) in [5.41, 5.74) is 35.7. The molecule has 0 radical (unpaired) electrons. The second-order valence-electron chi connectivity index (χ2n) is 31.5. The highest BCUT2D eigenvalue weighted by atomic mass is 15.0. The quantitative estimate of drug-likeness (QED) is 0.145. The van der Waals surface area contributed by atoms with Gasteiger partial charge >= 0.3 is 0 Å². The van der Waals surface area contributed by atoms with E-state index in [1.165, 1.54) is 138 Å². The summed E-state index contributed by atoms with van der Waals surface area (Å²) < 4.78 is 7.33. The monoisotopic (exact) mass is 1380 g/mol. The highest BCUT2D eigenvalue weighted by molar-refractivity contribution is 6.13. The van der Waals surface area contributed by atoms with Crippen molar-refractivity contribution in [1.82, 2.24) is 28.7 Å². The second-order valence-corrected chi connectivity index (χ2v) is 31.5. The number of hydrogen-bond donors (Lipinski definition) is 0. The van der Waals surface area contributed by atoms with Crippen LogP contribution in [0.15, 0.2) is 328 Å². The van der Waals surface area contributed by atoms with Crippen molar-refractivity contribution in [2.24, 2.45) is 0 Å². The largest absolute Gasteiger partial charge is 0.309 e. The van der Waals surface area contributed by atoms with E-state index in [2.05, 4.69) is 383 Å². The lowest BCUT2D eigenvalue weighted by atomic mass is 9.82. The number of aromatic nitrogens is 6. The molecule has 510 valence electrons. The van der Waals surface area contributed by atoms with Gasteiger partial charge in [-0.2, -0.15) is 0 Å². The minimum Gasteiger partial charge on any atom is -0.309 e. The lowest BCUT2D eigenvalue weighted by Crippen LogP contribution is -2.15. The van der Waals surface area contributed by atoms with E-state index >= 15 is 0 Å². The molecule has 0 unspecified atom stereocenters. The van der Waals surface area contributed by atoms with Crippen LogP contribution in [0.1, 0.15) is 74.9 Å². The van der Waals surface area contributed by atoms with Crippen molar-refractivity contribution < 1.29 is 0 Å². The standard InChI is InChI=1S/C102H72N6/c1-100(2)85-28-13-7-22-73(85)76-48-45-70(58-88(76)100)106-91-31-16-10-25-79(91)82-55-66(42-51-94(82)106)61-34-38-63(39-35-61)97-103-98(64-40-36-62(37-41-64)67-43-52-95-83(56-67)80-26-11-17-32-92(80)107(95)71-46-49-77-74-23-8-14-29-86(74)101(3,4)89(77)59-71)105-99(104-97)69-21-19-20-65(54-69)68-44-53-96-84(57-68)81-27-12-18-33-93(81)108(96)72-47-50-78-75-24-9-15-30-87(75)102(5,6)90(78)60-72/h7-60H,1-6H3. The predicted molar refractivity (Wildman–Crippen MR) is 448 cm³/mol. The molecule has 4 aromatic heterocycles. The lowest BCUT2D eigenvalue weighted by Gasteiger charge is -2.22. The number of fused-ring (bicyclic) bond motifs is 18. The molecule has 3 aliphatic carbocycles. The fourth-order valence-electron chi connectivity index (χ4n) is 19.0. The summed E-state index contributed by atoms with van der Waals surface area (Å²) in [6.07, 6.45) is 0. The number of para-hydroxylation sites is 3. The molecule has 0 amide bonds. The third-order valence-electron chi connectivity index (χ3n) is 24.5. The molecule has 0 aliphatic heterocycles. The van der Waals surface area contributed by atoms with Crippen molar-refractivity contribution in [1.29, 1.82) is 0 Å². The molecule has 0 fully saturated rings. The van der Waals surface area contributed by atoms with Crippen LogP contribution < -0.4 is 0 Å². The highest BCUT2D eigenvalue weighted by Gasteiger charge is 2.39. The third kappa shape index (κ3) is 9.10. The summed E-state index contributed by atoms with van der Waals surface area (Å²) in [5.74, 6) is 1.80. The Labute approximate surface area is 626 Å². The molecule has 19 aromatic rings. The molecular weight excluding hydrogens is 1310 g/mol. The lowest BCUT2D eigenvalue weighted by molar-refractivity contribution is 0.660. The van der Waals surface area contributed by atoms with E-state index in [-0.39, 0.29) is 16.2 Å². The van der Waals surface area contributed by atoms with Gasteiger partial charge in [0, 0.05) is 82.3 Å². The third-order valence-corrected chi connectivity index (χ3v) is 24.5. The molecule has 6 heteroatoms. The minimum absolute atomic E-state index is 0.111. The summed E-state index contributed by atoms with van der Waals surface area (Å²) >= 11 is 0. The normalized spacial score (nSPS) is 14.1. The van der Waals surface area contributed by atoms with Crippen LogP contribution in [0.5, 0.6) is 0 Å². The molecule has 0 saturated heterocycles. The van der Waals surface area contributed by atoms with Gasteiger partial charge in [-0.15, -0.1) is 0 Å². The summed E-state index contributed by atoms with van der Waals surface area (Å²) in [6, 6.07) is 121. The van der Waals surface area contributed by atoms with E-state index in [0.29, 0.717) is 17.5 Å². The molecule has 0 N–H and O–H groups in total. The molecule has 6 nitrogen and oxygen atoms in total. The van der Waals surface area contributed by atoms with Crippen LogP contribution in [0, 0.1) is 0 Å². The first-order valence-electron chi connectivity index (χ1n) is 37.7. The van der Waals surface area contributed by atoms with Crippen LogP contribution >= 0.6 is 0 Å². The van der Waals surface area contributed by atoms with Crippen molar-refractivity contribution >= 4 is 65.4 Å². The van der Waals surface area contributed by atoms with Crippen LogP contribution in [-0.2, 0) is 16.2 Å². The van der Waals surface area contributed by atoms with E-state index in [1.54, 1.807) is 0 Å². The van der Waals surface area contributed by atoms with Crippen molar-refractivity contribution in [3.63, 3.8) is 0 Å². The first kappa shape index (κ1) is 62.1. The van der Waals surface area contributed by atoms with E-state index in [9.17, 15) is 0 Å². The molecule has 0 saturated carbocycles. The molecular formula is C102H72N6. The van der Waals surface area contributed by atoms with Gasteiger partial charge in [0.05, 0.1) is 33.1 Å². The van der Waals surface area contributed by atoms with Gasteiger partial charge in [-0.05, 0) is 197 Å². The molecule has 3 aliphatic rings. The summed E-state index contributed by atoms with van der Waals surface area (Å²) in [5, 5.41) is 7.27. The van der Waals surface area contributed by atoms with Gasteiger partial charge in [0.1, 0.15) is 0 Å². The zero-order valence-corrected chi connectivity index (χ0v) is 60.9. The van der Waals surface area contributed by atoms with Gasteiger partial charge in [-0.25, -0.2) is 15.0 Å². The minimum atomic E-state index is -0.119. The Kier molecular flexibility index (Phi) is 13.1. The molecule has 22 rings (SSSR count). The molecule has 0 spiro atoms. The maximum Gasteiger partial charge on any atom is 0.164 e. The first-order chi connectivity index (χ1) is 52.8. The highest BCUT2D eigenvalue weighted by Crippen LogP contribution is 2.53. The van der Waals surface area contributed by atoms with Crippen LogP contribution in [0.4, 0.5) is 0 Å². The summed E-state index contributed by atoms with van der Waals surface area (Å²) in [7, 11) is 0. The molecule has 0 atom stereocenters. The zero-order chi connectivity index (χ0) is 72.1. The Morgan fingerprint density at radius 3 is 0.824 bits per heavy atom. The van der Waals surface area contributed by atoms with Gasteiger partial charge in [0.2, 0.25) is 0 Å². The van der Waals surface area contributed by atoms with Crippen LogP contribution in [0.3, 0.4) is 0 Å². The first-order valence-corrected chi connectivity index (χ1v) is 37.7. The molecule has 15 aromatic carbocycles.